The maximum Gasteiger partial charge on any atom is 0.420 e. The van der Waals surface area contributed by atoms with Crippen molar-refractivity contribution in [2.45, 2.75) is 12.4 Å². The van der Waals surface area contributed by atoms with Gasteiger partial charge in [0.15, 0.2) is 11.6 Å². The second-order valence-electron chi connectivity index (χ2n) is 3.20. The van der Waals surface area contributed by atoms with Crippen LogP contribution in [-0.4, -0.2) is 0 Å². The Bertz CT molecular complexity index is 443. The summed E-state index contributed by atoms with van der Waals surface area (Å²) in [6, 6.07) is 0. The van der Waals surface area contributed by atoms with E-state index in [1.807, 2.05) is 0 Å². The summed E-state index contributed by atoms with van der Waals surface area (Å²) in [5.74, 6) is -5.01. The number of nitrogen functional groups attached to an aromatic ring is 2. The second kappa shape index (κ2) is 3.89. The Morgan fingerprint density at radius 3 is 1.33 bits per heavy atom. The third-order valence-electron chi connectivity index (χ3n) is 2.03. The first-order valence-electron chi connectivity index (χ1n) is 4.09. The molecule has 18 heavy (non-hydrogen) atoms. The summed E-state index contributed by atoms with van der Waals surface area (Å²) in [7, 11) is 0. The Hall–Kier alpha value is -1.74. The van der Waals surface area contributed by atoms with Crippen LogP contribution >= 0.6 is 0 Å². The van der Waals surface area contributed by atoms with Crippen LogP contribution < -0.4 is 11.5 Å². The van der Waals surface area contributed by atoms with Gasteiger partial charge >= 0.3 is 12.4 Å². The van der Waals surface area contributed by atoms with Crippen molar-refractivity contribution >= 4 is 11.4 Å². The first-order valence-corrected chi connectivity index (χ1v) is 4.09. The normalized spacial score (nSPS) is 12.9. The third kappa shape index (κ3) is 2.14. The maximum absolute atomic E-state index is 13.0. The molecule has 0 spiro atoms. The lowest BCUT2D eigenvalue weighted by molar-refractivity contribution is -0.163. The van der Waals surface area contributed by atoms with Gasteiger partial charge in [-0.05, 0) is 0 Å². The minimum absolute atomic E-state index is 1.52. The molecule has 0 heterocycles. The predicted molar refractivity (Wildman–Crippen MR) is 45.2 cm³/mol. The van der Waals surface area contributed by atoms with Crippen LogP contribution in [0.1, 0.15) is 11.1 Å². The summed E-state index contributed by atoms with van der Waals surface area (Å²) < 4.78 is 100. The Balaban J connectivity index is 3.89. The maximum atomic E-state index is 13.0. The first-order chi connectivity index (χ1) is 7.89. The number of hydrogen-bond acceptors (Lipinski definition) is 2. The molecular formula is C8H4F8N2. The highest BCUT2D eigenvalue weighted by Gasteiger charge is 2.49. The van der Waals surface area contributed by atoms with Gasteiger partial charge in [0.25, 0.3) is 0 Å². The van der Waals surface area contributed by atoms with E-state index in [1.54, 1.807) is 0 Å². The highest BCUT2D eigenvalue weighted by Crippen LogP contribution is 2.47. The van der Waals surface area contributed by atoms with E-state index in [0.29, 0.717) is 0 Å². The number of hydrogen-bond donors (Lipinski definition) is 2. The van der Waals surface area contributed by atoms with Crippen molar-refractivity contribution in [2.75, 3.05) is 11.5 Å². The van der Waals surface area contributed by atoms with Gasteiger partial charge in [-0.2, -0.15) is 26.3 Å². The molecule has 0 radical (unpaired) electrons. The Labute approximate surface area is 94.2 Å². The van der Waals surface area contributed by atoms with Crippen molar-refractivity contribution in [1.29, 1.82) is 0 Å². The quantitative estimate of drug-likeness (QED) is 0.566. The molecule has 102 valence electrons. The third-order valence-corrected chi connectivity index (χ3v) is 2.03. The molecule has 0 unspecified atom stereocenters. The predicted octanol–water partition coefficient (Wildman–Crippen LogP) is 3.17. The molecule has 1 aromatic rings. The van der Waals surface area contributed by atoms with E-state index in [4.69, 9.17) is 0 Å². The summed E-state index contributed by atoms with van der Waals surface area (Å²) in [5.41, 5.74) is 0.793. The van der Waals surface area contributed by atoms with Gasteiger partial charge in [0.05, 0.1) is 16.9 Å². The van der Waals surface area contributed by atoms with Gasteiger partial charge in [-0.25, -0.2) is 8.78 Å². The molecule has 0 aliphatic heterocycles. The molecule has 0 saturated carbocycles. The zero-order valence-corrected chi connectivity index (χ0v) is 8.18. The van der Waals surface area contributed by atoms with Crippen LogP contribution in [0, 0.1) is 11.6 Å². The Morgan fingerprint density at radius 1 is 0.611 bits per heavy atom. The fourth-order valence-electron chi connectivity index (χ4n) is 1.29. The average Bonchev–Trinajstić information content (AvgIpc) is 2.16. The summed E-state index contributed by atoms with van der Waals surface area (Å²) >= 11 is 0. The van der Waals surface area contributed by atoms with E-state index in [1.165, 1.54) is 0 Å². The van der Waals surface area contributed by atoms with Gasteiger partial charge < -0.3 is 11.5 Å². The molecule has 0 saturated heterocycles. The molecule has 1 aromatic carbocycles. The van der Waals surface area contributed by atoms with Crippen LogP contribution in [0.2, 0.25) is 0 Å². The largest absolute Gasteiger partial charge is 0.420 e. The molecule has 0 atom stereocenters. The summed E-state index contributed by atoms with van der Waals surface area (Å²) in [5, 5.41) is 0. The van der Waals surface area contributed by atoms with Crippen LogP contribution in [-0.2, 0) is 12.4 Å². The minimum Gasteiger partial charge on any atom is -0.396 e. The molecule has 4 N–H and O–H groups in total. The van der Waals surface area contributed by atoms with Crippen molar-refractivity contribution in [3.63, 3.8) is 0 Å². The lowest BCUT2D eigenvalue weighted by Crippen LogP contribution is -2.23. The van der Waals surface area contributed by atoms with E-state index >= 15 is 0 Å². The standard InChI is InChI=1S/C8H4F8N2/c9-3-1(7(11,12)13)2(8(14,15)16)5(17)6(18)4(3)10/h17-18H2. The topological polar surface area (TPSA) is 52.0 Å². The van der Waals surface area contributed by atoms with Gasteiger partial charge in [-0.1, -0.05) is 0 Å². The number of anilines is 2. The monoisotopic (exact) mass is 280 g/mol. The molecule has 0 aliphatic carbocycles. The lowest BCUT2D eigenvalue weighted by Gasteiger charge is -2.19. The molecule has 0 aromatic heterocycles. The number of rotatable bonds is 0. The Kier molecular flexibility index (Phi) is 3.09. The fourth-order valence-corrected chi connectivity index (χ4v) is 1.29. The van der Waals surface area contributed by atoms with Crippen LogP contribution in [0.15, 0.2) is 0 Å². The fraction of sp³-hybridized carbons (Fsp3) is 0.250. The summed E-state index contributed by atoms with van der Waals surface area (Å²) in [6.07, 6.45) is -11.4. The van der Waals surface area contributed by atoms with Crippen LogP contribution in [0.4, 0.5) is 46.5 Å². The molecule has 1 rings (SSSR count). The van der Waals surface area contributed by atoms with Crippen LogP contribution in [0.3, 0.4) is 0 Å². The number of alkyl halides is 6. The van der Waals surface area contributed by atoms with Crippen molar-refractivity contribution < 1.29 is 35.1 Å². The van der Waals surface area contributed by atoms with E-state index in [9.17, 15) is 35.1 Å². The Morgan fingerprint density at radius 2 is 1.00 bits per heavy atom. The zero-order valence-electron chi connectivity index (χ0n) is 8.18. The molecule has 0 amide bonds. The molecule has 0 bridgehead atoms. The summed E-state index contributed by atoms with van der Waals surface area (Å²) in [6.45, 7) is 0. The lowest BCUT2D eigenvalue weighted by atomic mass is 10.0. The first kappa shape index (κ1) is 14.3. The molecule has 0 aliphatic rings. The van der Waals surface area contributed by atoms with Crippen molar-refractivity contribution in [3.05, 3.63) is 22.8 Å². The van der Waals surface area contributed by atoms with E-state index in [2.05, 4.69) is 11.5 Å². The zero-order chi connectivity index (χ0) is 14.5. The molecule has 2 nitrogen and oxygen atoms in total. The molecule has 10 heteroatoms. The van der Waals surface area contributed by atoms with Crippen molar-refractivity contribution in [2.24, 2.45) is 0 Å². The summed E-state index contributed by atoms with van der Waals surface area (Å²) in [4.78, 5) is 0. The highest BCUT2D eigenvalue weighted by molar-refractivity contribution is 5.71. The molecular weight excluding hydrogens is 276 g/mol. The van der Waals surface area contributed by atoms with Gasteiger partial charge in [0.1, 0.15) is 5.56 Å². The number of nitrogens with two attached hydrogens (primary N) is 2. The second-order valence-corrected chi connectivity index (χ2v) is 3.20. The van der Waals surface area contributed by atoms with Gasteiger partial charge in [-0.3, -0.25) is 0 Å². The number of benzene rings is 1. The van der Waals surface area contributed by atoms with Crippen molar-refractivity contribution in [1.82, 2.24) is 0 Å². The smallest absolute Gasteiger partial charge is 0.396 e. The van der Waals surface area contributed by atoms with E-state index in [-0.39, 0.29) is 0 Å². The van der Waals surface area contributed by atoms with Crippen molar-refractivity contribution in [3.8, 4) is 0 Å². The van der Waals surface area contributed by atoms with Gasteiger partial charge in [-0.15, -0.1) is 0 Å². The SMILES string of the molecule is Nc1c(N)c(C(F)(F)F)c(C(F)(F)F)c(F)c1F. The van der Waals surface area contributed by atoms with Gasteiger partial charge in [0.2, 0.25) is 0 Å². The van der Waals surface area contributed by atoms with E-state index < -0.39 is 46.5 Å². The van der Waals surface area contributed by atoms with Gasteiger partial charge in [0, 0.05) is 0 Å². The number of halogens is 8. The van der Waals surface area contributed by atoms with E-state index in [0.717, 1.165) is 0 Å². The minimum atomic E-state index is -5.77. The van der Waals surface area contributed by atoms with Crippen LogP contribution in [0.25, 0.3) is 0 Å². The molecule has 0 fully saturated rings. The average molecular weight is 280 g/mol. The highest BCUT2D eigenvalue weighted by atomic mass is 19.4. The van der Waals surface area contributed by atoms with Crippen LogP contribution in [0.5, 0.6) is 0 Å².